The Morgan fingerprint density at radius 1 is 1.54 bits per heavy atom. The highest BCUT2D eigenvalue weighted by molar-refractivity contribution is 9.10. The summed E-state index contributed by atoms with van der Waals surface area (Å²) in [5, 5.41) is 0. The summed E-state index contributed by atoms with van der Waals surface area (Å²) in [6.45, 7) is 2.33. The highest BCUT2D eigenvalue weighted by atomic mass is 79.9. The molecule has 13 heavy (non-hydrogen) atoms. The maximum absolute atomic E-state index is 12.9. The minimum absolute atomic E-state index is 0.246. The summed E-state index contributed by atoms with van der Waals surface area (Å²) in [6, 6.07) is 2.95. The van der Waals surface area contributed by atoms with Crippen molar-refractivity contribution in [2.24, 2.45) is 5.90 Å². The van der Waals surface area contributed by atoms with Crippen molar-refractivity contribution in [1.82, 2.24) is 0 Å². The molecule has 0 radical (unpaired) electrons. The lowest BCUT2D eigenvalue weighted by Crippen LogP contribution is -2.05. The van der Waals surface area contributed by atoms with E-state index >= 15 is 0 Å². The van der Waals surface area contributed by atoms with E-state index < -0.39 is 0 Å². The zero-order chi connectivity index (χ0) is 9.84. The molecule has 0 fully saturated rings. The van der Waals surface area contributed by atoms with Gasteiger partial charge in [-0.3, -0.25) is 0 Å². The molecule has 4 heteroatoms. The summed E-state index contributed by atoms with van der Waals surface area (Å²) in [5.74, 6) is 4.65. The summed E-state index contributed by atoms with van der Waals surface area (Å²) < 4.78 is 13.7. The molecular weight excluding hydrogens is 237 g/mol. The van der Waals surface area contributed by atoms with Crippen molar-refractivity contribution in [2.75, 3.05) is 6.61 Å². The van der Waals surface area contributed by atoms with Crippen molar-refractivity contribution in [3.63, 3.8) is 0 Å². The molecule has 0 atom stereocenters. The van der Waals surface area contributed by atoms with Gasteiger partial charge in [0, 0.05) is 4.47 Å². The predicted octanol–water partition coefficient (Wildman–Crippen LogP) is 2.33. The van der Waals surface area contributed by atoms with Crippen LogP contribution in [0.15, 0.2) is 16.6 Å². The van der Waals surface area contributed by atoms with Gasteiger partial charge in [0.05, 0.1) is 6.61 Å². The van der Waals surface area contributed by atoms with E-state index in [1.165, 1.54) is 12.1 Å². The molecular formula is C9H11BrFNO. The number of hydrogen-bond donors (Lipinski definition) is 1. The lowest BCUT2D eigenvalue weighted by molar-refractivity contribution is 0.141. The second kappa shape index (κ2) is 4.69. The second-order valence-electron chi connectivity index (χ2n) is 2.79. The zero-order valence-corrected chi connectivity index (χ0v) is 8.90. The van der Waals surface area contributed by atoms with E-state index in [9.17, 15) is 4.39 Å². The summed E-state index contributed by atoms with van der Waals surface area (Å²) in [6.07, 6.45) is 0.624. The molecule has 0 aliphatic heterocycles. The first kappa shape index (κ1) is 10.6. The van der Waals surface area contributed by atoms with Crippen LogP contribution in [0.5, 0.6) is 0 Å². The number of benzene rings is 1. The third-order valence-corrected chi connectivity index (χ3v) is 2.73. The number of rotatable bonds is 3. The van der Waals surface area contributed by atoms with Crippen LogP contribution in [0.25, 0.3) is 0 Å². The minimum Gasteiger partial charge on any atom is -0.304 e. The van der Waals surface area contributed by atoms with Gasteiger partial charge in [0.2, 0.25) is 0 Å². The van der Waals surface area contributed by atoms with Crippen LogP contribution in [0.1, 0.15) is 11.1 Å². The lowest BCUT2D eigenvalue weighted by atomic mass is 10.1. The zero-order valence-electron chi connectivity index (χ0n) is 7.31. The van der Waals surface area contributed by atoms with Crippen LogP contribution in [0, 0.1) is 12.7 Å². The van der Waals surface area contributed by atoms with Gasteiger partial charge in [-0.25, -0.2) is 10.3 Å². The van der Waals surface area contributed by atoms with Crippen molar-refractivity contribution >= 4 is 15.9 Å². The van der Waals surface area contributed by atoms with Gasteiger partial charge in [-0.1, -0.05) is 15.9 Å². The summed E-state index contributed by atoms with van der Waals surface area (Å²) in [7, 11) is 0. The molecule has 0 aliphatic carbocycles. The highest BCUT2D eigenvalue weighted by Gasteiger charge is 2.04. The van der Waals surface area contributed by atoms with Crippen LogP contribution in [-0.2, 0) is 11.3 Å². The summed E-state index contributed by atoms with van der Waals surface area (Å²) in [5.41, 5.74) is 1.94. The van der Waals surface area contributed by atoms with E-state index in [-0.39, 0.29) is 5.82 Å². The molecule has 0 saturated carbocycles. The monoisotopic (exact) mass is 247 g/mol. The Balaban J connectivity index is 2.92. The Kier molecular flexibility index (Phi) is 3.84. The molecule has 0 unspecified atom stereocenters. The van der Waals surface area contributed by atoms with Crippen molar-refractivity contribution in [3.8, 4) is 0 Å². The Morgan fingerprint density at radius 3 is 2.85 bits per heavy atom. The molecule has 0 aromatic heterocycles. The van der Waals surface area contributed by atoms with E-state index in [0.717, 1.165) is 15.6 Å². The quantitative estimate of drug-likeness (QED) is 0.833. The normalized spacial score (nSPS) is 10.5. The molecule has 1 aromatic rings. The van der Waals surface area contributed by atoms with Crippen LogP contribution in [-0.4, -0.2) is 6.61 Å². The molecule has 0 saturated heterocycles. The topological polar surface area (TPSA) is 35.2 Å². The van der Waals surface area contributed by atoms with Crippen molar-refractivity contribution in [3.05, 3.63) is 33.5 Å². The fraction of sp³-hybridized carbons (Fsp3) is 0.333. The summed E-state index contributed by atoms with van der Waals surface area (Å²) in [4.78, 5) is 4.44. The largest absolute Gasteiger partial charge is 0.304 e. The maximum Gasteiger partial charge on any atom is 0.124 e. The van der Waals surface area contributed by atoms with E-state index in [1.54, 1.807) is 0 Å². The molecule has 2 N–H and O–H groups in total. The molecule has 72 valence electrons. The number of hydrogen-bond acceptors (Lipinski definition) is 2. The number of nitrogens with two attached hydrogens (primary N) is 1. The molecule has 2 nitrogen and oxygen atoms in total. The average molecular weight is 248 g/mol. The van der Waals surface area contributed by atoms with Crippen LogP contribution < -0.4 is 5.90 Å². The first-order chi connectivity index (χ1) is 6.15. The van der Waals surface area contributed by atoms with Gasteiger partial charge in [-0.2, -0.15) is 0 Å². The van der Waals surface area contributed by atoms with Crippen molar-refractivity contribution in [1.29, 1.82) is 0 Å². The Bertz CT molecular complexity index is 304. The minimum atomic E-state index is -0.246. The van der Waals surface area contributed by atoms with Gasteiger partial charge in [0.25, 0.3) is 0 Å². The van der Waals surface area contributed by atoms with E-state index in [1.807, 2.05) is 6.92 Å². The van der Waals surface area contributed by atoms with Crippen LogP contribution in [0.4, 0.5) is 4.39 Å². The molecule has 0 heterocycles. The van der Waals surface area contributed by atoms with Gasteiger partial charge in [0.15, 0.2) is 0 Å². The molecule has 0 aliphatic rings. The molecule has 1 rings (SSSR count). The van der Waals surface area contributed by atoms with Gasteiger partial charge < -0.3 is 4.84 Å². The van der Waals surface area contributed by atoms with Crippen molar-refractivity contribution < 1.29 is 9.23 Å². The molecule has 1 aromatic carbocycles. The smallest absolute Gasteiger partial charge is 0.124 e. The Hall–Kier alpha value is -0.450. The van der Waals surface area contributed by atoms with Gasteiger partial charge in [-0.05, 0) is 36.6 Å². The van der Waals surface area contributed by atoms with Gasteiger partial charge >= 0.3 is 0 Å². The molecule has 0 amide bonds. The Morgan fingerprint density at radius 2 is 2.23 bits per heavy atom. The van der Waals surface area contributed by atoms with Gasteiger partial charge in [0.1, 0.15) is 5.82 Å². The fourth-order valence-corrected chi connectivity index (χ4v) is 1.60. The van der Waals surface area contributed by atoms with Crippen LogP contribution in [0.2, 0.25) is 0 Å². The van der Waals surface area contributed by atoms with Crippen LogP contribution in [0.3, 0.4) is 0 Å². The third kappa shape index (κ3) is 2.76. The first-order valence-corrected chi connectivity index (χ1v) is 4.70. The SMILES string of the molecule is Cc1c(Br)cc(F)cc1CCON. The van der Waals surface area contributed by atoms with Crippen LogP contribution >= 0.6 is 15.9 Å². The maximum atomic E-state index is 12.9. The average Bonchev–Trinajstić information content (AvgIpc) is 2.09. The lowest BCUT2D eigenvalue weighted by Gasteiger charge is -2.06. The highest BCUT2D eigenvalue weighted by Crippen LogP contribution is 2.21. The standard InChI is InChI=1S/C9H11BrFNO/c1-6-7(2-3-13-12)4-8(11)5-9(6)10/h4-5H,2-3,12H2,1H3. The molecule has 0 spiro atoms. The van der Waals surface area contributed by atoms with E-state index in [2.05, 4.69) is 20.8 Å². The molecule has 0 bridgehead atoms. The van der Waals surface area contributed by atoms with Gasteiger partial charge in [-0.15, -0.1) is 0 Å². The van der Waals surface area contributed by atoms with E-state index in [4.69, 9.17) is 5.90 Å². The third-order valence-electron chi connectivity index (χ3n) is 1.91. The summed E-state index contributed by atoms with van der Waals surface area (Å²) >= 11 is 3.28. The first-order valence-electron chi connectivity index (χ1n) is 3.91. The fourth-order valence-electron chi connectivity index (χ4n) is 1.13. The number of halogens is 2. The van der Waals surface area contributed by atoms with Crippen molar-refractivity contribution in [2.45, 2.75) is 13.3 Å². The predicted molar refractivity (Wildman–Crippen MR) is 52.7 cm³/mol. The Labute approximate surface area is 85.0 Å². The van der Waals surface area contributed by atoms with E-state index in [0.29, 0.717) is 13.0 Å². The second-order valence-corrected chi connectivity index (χ2v) is 3.65.